The van der Waals surface area contributed by atoms with Crippen molar-refractivity contribution >= 4 is 5.91 Å². The molecule has 14 heavy (non-hydrogen) atoms. The summed E-state index contributed by atoms with van der Waals surface area (Å²) in [6.45, 7) is 9.26. The van der Waals surface area contributed by atoms with Crippen LogP contribution in [0, 0.1) is 5.92 Å². The van der Waals surface area contributed by atoms with E-state index in [1.165, 1.54) is 0 Å². The molecule has 1 aliphatic rings. The van der Waals surface area contributed by atoms with Gasteiger partial charge in [-0.05, 0) is 25.7 Å². The summed E-state index contributed by atoms with van der Waals surface area (Å²) in [5, 5.41) is 3.28. The van der Waals surface area contributed by atoms with Crippen LogP contribution in [0.3, 0.4) is 0 Å². The van der Waals surface area contributed by atoms with Crippen molar-refractivity contribution in [3.8, 4) is 0 Å². The Morgan fingerprint density at radius 1 is 1.50 bits per heavy atom. The summed E-state index contributed by atoms with van der Waals surface area (Å²) in [7, 11) is 0. The Labute approximate surface area is 86.9 Å². The van der Waals surface area contributed by atoms with Crippen molar-refractivity contribution in [2.75, 3.05) is 6.67 Å². The molecule has 3 nitrogen and oxygen atoms in total. The largest absolute Gasteiger partial charge is 0.326 e. The molecule has 1 aliphatic heterocycles. The van der Waals surface area contributed by atoms with Crippen LogP contribution in [0.25, 0.3) is 0 Å². The van der Waals surface area contributed by atoms with E-state index in [0.29, 0.717) is 12.0 Å². The molecule has 0 radical (unpaired) electrons. The van der Waals surface area contributed by atoms with Crippen LogP contribution in [0.15, 0.2) is 0 Å². The lowest BCUT2D eigenvalue weighted by molar-refractivity contribution is -0.130. The predicted molar refractivity (Wildman–Crippen MR) is 57.8 cm³/mol. The second-order valence-corrected chi connectivity index (χ2v) is 4.61. The summed E-state index contributed by atoms with van der Waals surface area (Å²) in [4.78, 5) is 13.9. The van der Waals surface area contributed by atoms with Gasteiger partial charge < -0.3 is 4.90 Å². The first-order chi connectivity index (χ1) is 6.56. The molecule has 0 aromatic rings. The third kappa shape index (κ3) is 2.47. The third-order valence-corrected chi connectivity index (χ3v) is 2.92. The number of carbonyl (C=O) groups excluding carboxylic acids is 1. The van der Waals surface area contributed by atoms with Gasteiger partial charge in [0.25, 0.3) is 0 Å². The lowest BCUT2D eigenvalue weighted by Crippen LogP contribution is -2.36. The molecule has 1 fully saturated rings. The number of nitrogens with zero attached hydrogens (tertiary/aromatic N) is 1. The first kappa shape index (κ1) is 11.5. The summed E-state index contributed by atoms with van der Waals surface area (Å²) >= 11 is 0. The molecule has 1 rings (SSSR count). The molecule has 1 N–H and O–H groups in total. The smallest absolute Gasteiger partial charge is 0.241 e. The van der Waals surface area contributed by atoms with E-state index >= 15 is 0 Å². The highest BCUT2D eigenvalue weighted by Crippen LogP contribution is 2.15. The van der Waals surface area contributed by atoms with E-state index in [0.717, 1.165) is 19.5 Å². The number of nitrogens with one attached hydrogen (secondary N) is 1. The quantitative estimate of drug-likeness (QED) is 0.744. The number of rotatable bonds is 4. The molecule has 0 aromatic heterocycles. The van der Waals surface area contributed by atoms with E-state index in [2.05, 4.69) is 33.0 Å². The van der Waals surface area contributed by atoms with E-state index in [9.17, 15) is 4.79 Å². The van der Waals surface area contributed by atoms with Crippen molar-refractivity contribution in [2.24, 2.45) is 5.92 Å². The molecule has 1 saturated heterocycles. The zero-order valence-electron chi connectivity index (χ0n) is 9.71. The van der Waals surface area contributed by atoms with Crippen molar-refractivity contribution in [1.29, 1.82) is 0 Å². The summed E-state index contributed by atoms with van der Waals surface area (Å²) in [6, 6.07) is 0.427. The predicted octanol–water partition coefficient (Wildman–Crippen LogP) is 1.59. The van der Waals surface area contributed by atoms with E-state index in [-0.39, 0.29) is 11.9 Å². The number of carbonyl (C=O) groups is 1. The topological polar surface area (TPSA) is 32.3 Å². The monoisotopic (exact) mass is 198 g/mol. The molecule has 0 aromatic carbocycles. The van der Waals surface area contributed by atoms with Crippen LogP contribution in [-0.4, -0.2) is 29.6 Å². The van der Waals surface area contributed by atoms with E-state index in [1.54, 1.807) is 0 Å². The fraction of sp³-hybridized carbons (Fsp3) is 0.909. The zero-order valence-corrected chi connectivity index (χ0v) is 9.71. The fourth-order valence-corrected chi connectivity index (χ4v) is 1.82. The Hall–Kier alpha value is -0.570. The first-order valence-corrected chi connectivity index (χ1v) is 5.60. The highest BCUT2D eigenvalue weighted by atomic mass is 16.2. The zero-order chi connectivity index (χ0) is 10.7. The highest BCUT2D eigenvalue weighted by molar-refractivity contribution is 5.84. The van der Waals surface area contributed by atoms with Gasteiger partial charge in [0, 0.05) is 6.04 Å². The van der Waals surface area contributed by atoms with Crippen molar-refractivity contribution < 1.29 is 4.79 Å². The van der Waals surface area contributed by atoms with E-state index < -0.39 is 0 Å². The van der Waals surface area contributed by atoms with Gasteiger partial charge in [0.05, 0.1) is 12.7 Å². The Morgan fingerprint density at radius 3 is 2.64 bits per heavy atom. The van der Waals surface area contributed by atoms with Crippen molar-refractivity contribution in [2.45, 2.75) is 52.6 Å². The van der Waals surface area contributed by atoms with Crippen LogP contribution in [0.1, 0.15) is 40.5 Å². The molecule has 2 atom stereocenters. The fourth-order valence-electron chi connectivity index (χ4n) is 1.82. The van der Waals surface area contributed by atoms with E-state index in [4.69, 9.17) is 0 Å². The second kappa shape index (κ2) is 4.78. The maximum atomic E-state index is 11.9. The third-order valence-electron chi connectivity index (χ3n) is 2.92. The summed E-state index contributed by atoms with van der Waals surface area (Å²) in [5.74, 6) is 0.862. The average molecular weight is 198 g/mol. The lowest BCUT2D eigenvalue weighted by Gasteiger charge is -2.22. The minimum absolute atomic E-state index is 0.0593. The molecule has 1 heterocycles. The van der Waals surface area contributed by atoms with Crippen LogP contribution in [0.4, 0.5) is 0 Å². The SMILES string of the molecule is CCC(C)N1CNC(CC(C)C)C1=O. The molecule has 3 heteroatoms. The summed E-state index contributed by atoms with van der Waals surface area (Å²) in [5.41, 5.74) is 0. The van der Waals surface area contributed by atoms with Crippen LogP contribution in [0.5, 0.6) is 0 Å². The van der Waals surface area contributed by atoms with Crippen molar-refractivity contribution in [3.63, 3.8) is 0 Å². The van der Waals surface area contributed by atoms with Gasteiger partial charge in [0.1, 0.15) is 0 Å². The molecule has 0 bridgehead atoms. The lowest BCUT2D eigenvalue weighted by atomic mass is 10.0. The Balaban J connectivity index is 2.51. The van der Waals surface area contributed by atoms with E-state index in [1.807, 2.05) is 4.90 Å². The molecule has 0 spiro atoms. The van der Waals surface area contributed by atoms with Gasteiger partial charge in [-0.15, -0.1) is 0 Å². The summed E-state index contributed by atoms with van der Waals surface area (Å²) < 4.78 is 0. The Kier molecular flexibility index (Phi) is 3.93. The highest BCUT2D eigenvalue weighted by Gasteiger charge is 2.33. The van der Waals surface area contributed by atoms with Crippen molar-refractivity contribution in [1.82, 2.24) is 10.2 Å². The molecule has 2 unspecified atom stereocenters. The minimum atomic E-state index is 0.0593. The minimum Gasteiger partial charge on any atom is -0.326 e. The summed E-state index contributed by atoms with van der Waals surface area (Å²) in [6.07, 6.45) is 1.98. The molecule has 0 saturated carbocycles. The average Bonchev–Trinajstić information content (AvgIpc) is 2.46. The molecular weight excluding hydrogens is 176 g/mol. The second-order valence-electron chi connectivity index (χ2n) is 4.61. The first-order valence-electron chi connectivity index (χ1n) is 5.60. The van der Waals surface area contributed by atoms with Crippen LogP contribution in [0.2, 0.25) is 0 Å². The molecule has 1 amide bonds. The number of hydrogen-bond donors (Lipinski definition) is 1. The van der Waals surface area contributed by atoms with Gasteiger partial charge in [-0.25, -0.2) is 0 Å². The maximum absolute atomic E-state index is 11.9. The Bertz CT molecular complexity index is 203. The maximum Gasteiger partial charge on any atom is 0.241 e. The van der Waals surface area contributed by atoms with Crippen LogP contribution < -0.4 is 5.32 Å². The van der Waals surface area contributed by atoms with Gasteiger partial charge >= 0.3 is 0 Å². The normalized spacial score (nSPS) is 24.8. The number of hydrogen-bond acceptors (Lipinski definition) is 2. The van der Waals surface area contributed by atoms with Gasteiger partial charge in [0.2, 0.25) is 5.91 Å². The van der Waals surface area contributed by atoms with Crippen molar-refractivity contribution in [3.05, 3.63) is 0 Å². The van der Waals surface area contributed by atoms with Gasteiger partial charge in [-0.2, -0.15) is 0 Å². The number of amides is 1. The van der Waals surface area contributed by atoms with Gasteiger partial charge in [0.15, 0.2) is 0 Å². The van der Waals surface area contributed by atoms with Crippen LogP contribution in [-0.2, 0) is 4.79 Å². The molecule has 82 valence electrons. The Morgan fingerprint density at radius 2 is 2.14 bits per heavy atom. The van der Waals surface area contributed by atoms with Gasteiger partial charge in [-0.3, -0.25) is 10.1 Å². The van der Waals surface area contributed by atoms with Gasteiger partial charge in [-0.1, -0.05) is 20.8 Å². The molecule has 0 aliphatic carbocycles. The standard InChI is InChI=1S/C11H22N2O/c1-5-9(4)13-7-12-10(11(13)14)6-8(2)3/h8-10,12H,5-7H2,1-4H3. The van der Waals surface area contributed by atoms with Crippen LogP contribution >= 0.6 is 0 Å². The molecular formula is C11H22N2O.